The average Bonchev–Trinajstić information content (AvgIpc) is 3.73. The molecule has 402 valence electrons. The third kappa shape index (κ3) is 13.4. The number of benzene rings is 1. The second-order valence-corrected chi connectivity index (χ2v) is 22.8. The van der Waals surface area contributed by atoms with Crippen molar-refractivity contribution in [2.45, 2.75) is 146 Å². The molecule has 9 N–H and O–H groups in total. The summed E-state index contributed by atoms with van der Waals surface area (Å²) >= 11 is 0. The molecule has 1 aromatic rings. The third-order valence-corrected chi connectivity index (χ3v) is 18.0. The van der Waals surface area contributed by atoms with E-state index < -0.39 is 41.9 Å². The van der Waals surface area contributed by atoms with Crippen LogP contribution in [0.5, 0.6) is 0 Å². The van der Waals surface area contributed by atoms with Crippen LogP contribution in [0.1, 0.15) is 114 Å². The Morgan fingerprint density at radius 1 is 1.10 bits per heavy atom. The average molecular weight is 1010 g/mol. The first-order valence-electron chi connectivity index (χ1n) is 27.6. The van der Waals surface area contributed by atoms with E-state index in [1.54, 1.807) is 7.11 Å². The van der Waals surface area contributed by atoms with E-state index in [1.165, 1.54) is 16.7 Å². The molecule has 0 saturated heterocycles. The number of β-amino-alcohol motifs (C(OH)–C–C–N with tert-alkyl or cyclic N) is 1. The molecule has 2 aliphatic heterocycles. The molecule has 12 heteroatoms. The zero-order chi connectivity index (χ0) is 52.2. The maximum atomic E-state index is 13.1. The number of aldehydes is 1. The molecule has 7 rings (SSSR count). The molecule has 0 radical (unpaired) electrons. The number of aliphatic hydroxyl groups is 6. The lowest BCUT2D eigenvalue weighted by atomic mass is 9.45. The molecule has 3 fully saturated rings. The summed E-state index contributed by atoms with van der Waals surface area (Å²) in [4.78, 5) is 12.6. The van der Waals surface area contributed by atoms with Crippen LogP contribution in [0, 0.1) is 52.8 Å². The summed E-state index contributed by atoms with van der Waals surface area (Å²) in [6, 6.07) is 7.22. The van der Waals surface area contributed by atoms with Gasteiger partial charge >= 0.3 is 0 Å². The van der Waals surface area contributed by atoms with Crippen molar-refractivity contribution in [3.05, 3.63) is 106 Å². The number of hydrogen-bond donors (Lipinski definition) is 9. The number of fused-ring (bicyclic) bond motifs is 9. The van der Waals surface area contributed by atoms with Crippen molar-refractivity contribution < 1.29 is 44.9 Å². The molecule has 1 spiro atoms. The van der Waals surface area contributed by atoms with Gasteiger partial charge in [0, 0.05) is 74.2 Å². The largest absolute Gasteiger partial charge is 0.396 e. The number of carbonyl (C=O) groups is 1. The molecule has 2 heterocycles. The normalized spacial score (nSPS) is 35.1. The number of carbonyl (C=O) groups excluding carboxylic acids is 1. The Bertz CT molecular complexity index is 2260. The molecule has 0 amide bonds. The van der Waals surface area contributed by atoms with Crippen LogP contribution >= 0.6 is 0 Å². The summed E-state index contributed by atoms with van der Waals surface area (Å²) in [5.74, 6) is 6.17. The molecule has 3 saturated carbocycles. The summed E-state index contributed by atoms with van der Waals surface area (Å²) in [6.07, 6.45) is 22.1. The Morgan fingerprint density at radius 2 is 1.92 bits per heavy atom. The predicted molar refractivity (Wildman–Crippen MR) is 288 cm³/mol. The van der Waals surface area contributed by atoms with E-state index in [0.717, 1.165) is 86.5 Å². The van der Waals surface area contributed by atoms with Crippen LogP contribution < -0.4 is 16.0 Å². The zero-order valence-corrected chi connectivity index (χ0v) is 44.4. The van der Waals surface area contributed by atoms with Gasteiger partial charge in [-0.3, -0.25) is 4.79 Å². The number of ether oxygens (including phenoxy) is 2. The summed E-state index contributed by atoms with van der Waals surface area (Å²) < 4.78 is 11.9. The number of allylic oxidation sites excluding steroid dienone is 9. The van der Waals surface area contributed by atoms with Crippen LogP contribution in [-0.4, -0.2) is 139 Å². The highest BCUT2D eigenvalue weighted by Gasteiger charge is 2.68. The Hall–Kier alpha value is -3.55. The van der Waals surface area contributed by atoms with Crippen molar-refractivity contribution in [3.63, 3.8) is 0 Å². The minimum absolute atomic E-state index is 0.0500. The van der Waals surface area contributed by atoms with Gasteiger partial charge in [-0.1, -0.05) is 84.1 Å². The Labute approximate surface area is 436 Å². The van der Waals surface area contributed by atoms with E-state index in [4.69, 9.17) is 9.47 Å². The zero-order valence-electron chi connectivity index (χ0n) is 44.4. The van der Waals surface area contributed by atoms with Crippen LogP contribution in [0.4, 0.5) is 0 Å². The van der Waals surface area contributed by atoms with Gasteiger partial charge in [0.1, 0.15) is 12.4 Å². The van der Waals surface area contributed by atoms with Crippen LogP contribution in [0.15, 0.2) is 89.1 Å². The van der Waals surface area contributed by atoms with E-state index in [0.29, 0.717) is 82.2 Å². The van der Waals surface area contributed by atoms with Gasteiger partial charge < -0.3 is 56.1 Å². The molecule has 8 bridgehead atoms. The van der Waals surface area contributed by atoms with Crippen LogP contribution in [0.3, 0.4) is 0 Å². The maximum absolute atomic E-state index is 13.1. The second-order valence-electron chi connectivity index (χ2n) is 22.8. The molecule has 13 atom stereocenters. The second kappa shape index (κ2) is 26.5. The van der Waals surface area contributed by atoms with Crippen LogP contribution in [0.2, 0.25) is 0 Å². The van der Waals surface area contributed by atoms with Crippen LogP contribution in [-0.2, 0) is 27.1 Å². The highest BCUT2D eigenvalue weighted by atomic mass is 16.5. The van der Waals surface area contributed by atoms with Crippen molar-refractivity contribution in [1.82, 2.24) is 16.0 Å². The number of hydrogen-bond acceptors (Lipinski definition) is 12. The molecule has 12 nitrogen and oxygen atoms in total. The molecule has 13 unspecified atom stereocenters. The summed E-state index contributed by atoms with van der Waals surface area (Å²) in [5, 5.41) is 78.5. The van der Waals surface area contributed by atoms with Gasteiger partial charge in [0.05, 0.1) is 37.6 Å². The van der Waals surface area contributed by atoms with Gasteiger partial charge in [-0.2, -0.15) is 0 Å². The summed E-state index contributed by atoms with van der Waals surface area (Å²) in [7, 11) is 3.65. The highest BCUT2D eigenvalue weighted by molar-refractivity contribution is 5.74. The van der Waals surface area contributed by atoms with E-state index in [-0.39, 0.29) is 49.0 Å². The fourth-order valence-electron chi connectivity index (χ4n) is 14.2. The van der Waals surface area contributed by atoms with Gasteiger partial charge in [0.15, 0.2) is 0 Å². The van der Waals surface area contributed by atoms with Crippen molar-refractivity contribution in [1.29, 1.82) is 0 Å². The Morgan fingerprint density at radius 3 is 2.68 bits per heavy atom. The minimum atomic E-state index is -1.29. The summed E-state index contributed by atoms with van der Waals surface area (Å²) in [6.45, 7) is 10.7. The lowest BCUT2D eigenvalue weighted by molar-refractivity contribution is -0.194. The fraction of sp³-hybridized carbons (Fsp3) is 0.656. The first-order valence-corrected chi connectivity index (χ1v) is 27.6. The van der Waals surface area contributed by atoms with Crippen molar-refractivity contribution in [2.75, 3.05) is 66.8 Å². The van der Waals surface area contributed by atoms with Crippen LogP contribution in [0.25, 0.3) is 0 Å². The van der Waals surface area contributed by atoms with Gasteiger partial charge in [-0.05, 0) is 169 Å². The van der Waals surface area contributed by atoms with E-state index in [2.05, 4.69) is 83.8 Å². The van der Waals surface area contributed by atoms with Crippen molar-refractivity contribution in [2.24, 2.45) is 40.9 Å². The van der Waals surface area contributed by atoms with Gasteiger partial charge in [-0.25, -0.2) is 0 Å². The van der Waals surface area contributed by atoms with Crippen molar-refractivity contribution >= 4 is 6.29 Å². The van der Waals surface area contributed by atoms with Gasteiger partial charge in [-0.15, -0.1) is 0 Å². The quantitative estimate of drug-likeness (QED) is 0.0275. The number of methoxy groups -OCH3 is 1. The summed E-state index contributed by atoms with van der Waals surface area (Å²) in [5.41, 5.74) is 5.50. The predicted octanol–water partition coefficient (Wildman–Crippen LogP) is 5.98. The molecule has 4 aliphatic carbocycles. The van der Waals surface area contributed by atoms with E-state index >= 15 is 0 Å². The van der Waals surface area contributed by atoms with Gasteiger partial charge in [0.25, 0.3) is 0 Å². The molecule has 1 aromatic carbocycles. The molecule has 0 aromatic heterocycles. The Balaban J connectivity index is 1.23. The topological polar surface area (TPSA) is 193 Å². The first kappa shape index (κ1) is 57.2. The molecule has 6 aliphatic rings. The Kier molecular flexibility index (Phi) is 20.7. The van der Waals surface area contributed by atoms with Crippen molar-refractivity contribution in [3.8, 4) is 11.8 Å². The lowest BCUT2D eigenvalue weighted by Gasteiger charge is -2.61. The first-order chi connectivity index (χ1) is 35.2. The highest BCUT2D eigenvalue weighted by Crippen LogP contribution is 2.67. The fourth-order valence-corrected chi connectivity index (χ4v) is 14.2. The smallest absolute Gasteiger partial charge is 0.145 e. The van der Waals surface area contributed by atoms with Gasteiger partial charge in [0.2, 0.25) is 0 Å². The number of aliphatic hydroxyl groups excluding tert-OH is 5. The monoisotopic (exact) mass is 1010 g/mol. The minimum Gasteiger partial charge on any atom is -0.396 e. The van der Waals surface area contributed by atoms with E-state index in [1.807, 2.05) is 26.1 Å². The standard InChI is InChI=1S/C61H89N3O9/c1-41-16-17-48(31-45-28-44-11-6-7-15-53(68)36-63-52-14-9-13-51(32-52)59(64-35-41,24-27-72-5)33-46(29-44)30-45)42(2)10-8-12-50(39-73-40-54(69)38-67)55-20-22-61(58(55)70)57-47(21-26-65)18-19-49(56(57)43(3)37-66)34-60(61,71)23-25-62-4/h8,10,12,16,18-19,28-30,37,47-49,51-55,57-58,62-65,67-71H,2,7,9,13-15,17,20-27,31-36,38-40H2,1,3-5H3. The lowest BCUT2D eigenvalue weighted by Crippen LogP contribution is -2.65. The number of nitrogens with one attached hydrogen (secondary N) is 3. The third-order valence-electron chi connectivity index (χ3n) is 18.0. The van der Waals surface area contributed by atoms with E-state index in [9.17, 15) is 35.4 Å². The maximum Gasteiger partial charge on any atom is 0.145 e. The number of rotatable bonds is 18. The SMILES string of the molecule is C=C(C=CC=C(COCC(O)CO)C1CCC2(C1O)C1C(=C(C)C=O)C(C=CC1CCO)CC2(O)CCNC)C1CC=C(C)CNC2(CCOC)Cc3cc(cc(c3)C1)C#CCCC(O)CNC1CCCC2C1. The molecule has 73 heavy (non-hydrogen) atoms. The molecular weight excluding hydrogens is 919 g/mol. The molecular formula is C61H89N3O9.